The van der Waals surface area contributed by atoms with Crippen LogP contribution < -0.4 is 0 Å². The molecule has 1 atom stereocenters. The fraction of sp³-hybridized carbons (Fsp3) is 0.588. The summed E-state index contributed by atoms with van der Waals surface area (Å²) >= 11 is 0. The second-order valence-corrected chi connectivity index (χ2v) is 6.00. The lowest BCUT2D eigenvalue weighted by atomic mass is 9.96. The Hall–Kier alpha value is -1.39. The van der Waals surface area contributed by atoms with Gasteiger partial charge in [-0.25, -0.2) is 0 Å². The highest BCUT2D eigenvalue weighted by molar-refractivity contribution is 5.77. The van der Waals surface area contributed by atoms with E-state index in [1.807, 2.05) is 23.1 Å². The van der Waals surface area contributed by atoms with E-state index in [4.69, 9.17) is 9.47 Å². The van der Waals surface area contributed by atoms with Gasteiger partial charge in [0.1, 0.15) is 0 Å². The van der Waals surface area contributed by atoms with Crippen molar-refractivity contribution in [2.45, 2.75) is 37.9 Å². The zero-order chi connectivity index (χ0) is 14.7. The topological polar surface area (TPSA) is 38.8 Å². The Morgan fingerprint density at radius 2 is 1.81 bits per heavy atom. The average Bonchev–Trinajstić information content (AvgIpc) is 2.97. The van der Waals surface area contributed by atoms with Crippen molar-refractivity contribution in [1.29, 1.82) is 0 Å². The van der Waals surface area contributed by atoms with Gasteiger partial charge in [-0.3, -0.25) is 4.79 Å². The van der Waals surface area contributed by atoms with Gasteiger partial charge in [0.25, 0.3) is 0 Å². The minimum absolute atomic E-state index is 0.235. The van der Waals surface area contributed by atoms with Crippen LogP contribution in [0.25, 0.3) is 0 Å². The first-order valence-electron chi connectivity index (χ1n) is 7.79. The van der Waals surface area contributed by atoms with Crippen LogP contribution in [0.5, 0.6) is 0 Å². The number of benzene rings is 1. The van der Waals surface area contributed by atoms with Crippen molar-refractivity contribution in [3.8, 4) is 0 Å². The van der Waals surface area contributed by atoms with Crippen LogP contribution in [-0.4, -0.2) is 42.9 Å². The molecule has 0 radical (unpaired) electrons. The third kappa shape index (κ3) is 3.27. The van der Waals surface area contributed by atoms with Crippen LogP contribution in [0.3, 0.4) is 0 Å². The molecule has 4 nitrogen and oxygen atoms in total. The Balaban J connectivity index is 1.52. The maximum Gasteiger partial charge on any atom is 0.223 e. The van der Waals surface area contributed by atoms with Gasteiger partial charge in [-0.05, 0) is 11.5 Å². The fourth-order valence-corrected chi connectivity index (χ4v) is 3.17. The Bertz CT molecular complexity index is 472. The maximum absolute atomic E-state index is 12.4. The Labute approximate surface area is 126 Å². The van der Waals surface area contributed by atoms with Crippen molar-refractivity contribution >= 4 is 5.91 Å². The lowest BCUT2D eigenvalue weighted by Crippen LogP contribution is -2.47. The van der Waals surface area contributed by atoms with Gasteiger partial charge in [-0.15, -0.1) is 0 Å². The number of nitrogens with zero attached hydrogens (tertiary/aromatic N) is 1. The molecule has 1 aromatic rings. The summed E-state index contributed by atoms with van der Waals surface area (Å²) in [6.07, 6.45) is 2.15. The third-order valence-electron chi connectivity index (χ3n) is 4.54. The van der Waals surface area contributed by atoms with Gasteiger partial charge >= 0.3 is 0 Å². The molecule has 0 aliphatic carbocycles. The predicted molar refractivity (Wildman–Crippen MR) is 79.9 cm³/mol. The molecular formula is C17H23NO3. The van der Waals surface area contributed by atoms with E-state index in [0.717, 1.165) is 25.9 Å². The molecule has 1 spiro atoms. The molecule has 0 saturated carbocycles. The van der Waals surface area contributed by atoms with Gasteiger partial charge in [0.2, 0.25) is 5.91 Å². The van der Waals surface area contributed by atoms with E-state index < -0.39 is 5.79 Å². The monoisotopic (exact) mass is 289 g/mol. The first-order chi connectivity index (χ1) is 10.2. The number of piperidine rings is 1. The zero-order valence-corrected chi connectivity index (χ0v) is 12.6. The third-order valence-corrected chi connectivity index (χ3v) is 4.54. The maximum atomic E-state index is 12.4. The van der Waals surface area contributed by atoms with E-state index in [1.54, 1.807) is 0 Å². The summed E-state index contributed by atoms with van der Waals surface area (Å²) in [5.74, 6) is 0.0923. The second kappa shape index (κ2) is 6.16. The predicted octanol–water partition coefficient (Wildman–Crippen LogP) is 2.55. The normalized spacial score (nSPS) is 22.4. The average molecular weight is 289 g/mol. The molecule has 1 unspecified atom stereocenters. The number of likely N-dealkylation sites (tertiary alicyclic amines) is 1. The molecule has 2 saturated heterocycles. The number of carbonyl (C=O) groups is 1. The number of rotatable bonds is 3. The van der Waals surface area contributed by atoms with E-state index in [2.05, 4.69) is 19.1 Å². The standard InChI is InChI=1S/C17H23NO3/c1-14(15-5-3-2-4-6-15)13-16(19)18-9-7-17(8-10-18)20-11-12-21-17/h2-6,14H,7-13H2,1H3. The van der Waals surface area contributed by atoms with Crippen LogP contribution in [-0.2, 0) is 14.3 Å². The van der Waals surface area contributed by atoms with E-state index in [0.29, 0.717) is 19.6 Å². The molecule has 2 heterocycles. The summed E-state index contributed by atoms with van der Waals surface area (Å²) in [4.78, 5) is 14.4. The van der Waals surface area contributed by atoms with Crippen LogP contribution in [0.4, 0.5) is 0 Å². The number of carbonyl (C=O) groups excluding carboxylic acids is 1. The van der Waals surface area contributed by atoms with E-state index >= 15 is 0 Å². The molecular weight excluding hydrogens is 266 g/mol. The summed E-state index contributed by atoms with van der Waals surface area (Å²) in [7, 11) is 0. The number of ether oxygens (including phenoxy) is 2. The molecule has 0 aromatic heterocycles. The van der Waals surface area contributed by atoms with Gasteiger partial charge in [-0.2, -0.15) is 0 Å². The van der Waals surface area contributed by atoms with E-state index in [1.165, 1.54) is 5.56 Å². The van der Waals surface area contributed by atoms with Crippen molar-refractivity contribution in [3.63, 3.8) is 0 Å². The molecule has 0 N–H and O–H groups in total. The first-order valence-corrected chi connectivity index (χ1v) is 7.79. The minimum Gasteiger partial charge on any atom is -0.347 e. The SMILES string of the molecule is CC(CC(=O)N1CCC2(CC1)OCCO2)c1ccccc1. The van der Waals surface area contributed by atoms with Gasteiger partial charge in [0.15, 0.2) is 5.79 Å². The number of amides is 1. The molecule has 2 aliphatic heterocycles. The Morgan fingerprint density at radius 3 is 2.43 bits per heavy atom. The van der Waals surface area contributed by atoms with Crippen LogP contribution in [0.1, 0.15) is 37.7 Å². The second-order valence-electron chi connectivity index (χ2n) is 6.00. The first kappa shape index (κ1) is 14.5. The number of hydrogen-bond donors (Lipinski definition) is 0. The Kier molecular flexibility index (Phi) is 4.27. The lowest BCUT2D eigenvalue weighted by molar-refractivity contribution is -0.187. The van der Waals surface area contributed by atoms with Crippen LogP contribution >= 0.6 is 0 Å². The van der Waals surface area contributed by atoms with Crippen LogP contribution in [0.2, 0.25) is 0 Å². The molecule has 2 aliphatic rings. The van der Waals surface area contributed by atoms with Crippen LogP contribution in [0, 0.1) is 0 Å². The molecule has 3 rings (SSSR count). The van der Waals surface area contributed by atoms with Gasteiger partial charge < -0.3 is 14.4 Å². The van der Waals surface area contributed by atoms with Crippen molar-refractivity contribution in [1.82, 2.24) is 4.90 Å². The largest absolute Gasteiger partial charge is 0.347 e. The molecule has 0 bridgehead atoms. The Morgan fingerprint density at radius 1 is 1.19 bits per heavy atom. The van der Waals surface area contributed by atoms with Crippen LogP contribution in [0.15, 0.2) is 30.3 Å². The number of hydrogen-bond acceptors (Lipinski definition) is 3. The van der Waals surface area contributed by atoms with Crippen molar-refractivity contribution in [3.05, 3.63) is 35.9 Å². The molecule has 1 aromatic carbocycles. The van der Waals surface area contributed by atoms with Gasteiger partial charge in [0.05, 0.1) is 13.2 Å². The zero-order valence-electron chi connectivity index (χ0n) is 12.6. The fourth-order valence-electron chi connectivity index (χ4n) is 3.17. The minimum atomic E-state index is -0.401. The highest BCUT2D eigenvalue weighted by atomic mass is 16.7. The van der Waals surface area contributed by atoms with Gasteiger partial charge in [-0.1, -0.05) is 37.3 Å². The molecule has 4 heteroatoms. The summed E-state index contributed by atoms with van der Waals surface area (Å²) in [6, 6.07) is 10.2. The summed E-state index contributed by atoms with van der Waals surface area (Å²) in [6.45, 7) is 4.94. The quantitative estimate of drug-likeness (QED) is 0.858. The van der Waals surface area contributed by atoms with E-state index in [9.17, 15) is 4.79 Å². The molecule has 2 fully saturated rings. The summed E-state index contributed by atoms with van der Waals surface area (Å²) in [5, 5.41) is 0. The van der Waals surface area contributed by atoms with Crippen molar-refractivity contribution in [2.75, 3.05) is 26.3 Å². The smallest absolute Gasteiger partial charge is 0.223 e. The summed E-state index contributed by atoms with van der Waals surface area (Å²) in [5.41, 5.74) is 1.22. The van der Waals surface area contributed by atoms with E-state index in [-0.39, 0.29) is 11.8 Å². The molecule has 1 amide bonds. The molecule has 114 valence electrons. The lowest BCUT2D eigenvalue weighted by Gasteiger charge is -2.37. The van der Waals surface area contributed by atoms with Gasteiger partial charge in [0, 0.05) is 32.4 Å². The highest BCUT2D eigenvalue weighted by Gasteiger charge is 2.40. The highest BCUT2D eigenvalue weighted by Crippen LogP contribution is 2.32. The summed E-state index contributed by atoms with van der Waals surface area (Å²) < 4.78 is 11.4. The van der Waals surface area contributed by atoms with Crippen molar-refractivity contribution < 1.29 is 14.3 Å². The molecule has 21 heavy (non-hydrogen) atoms. The van der Waals surface area contributed by atoms with Crippen molar-refractivity contribution in [2.24, 2.45) is 0 Å².